The summed E-state index contributed by atoms with van der Waals surface area (Å²) in [5, 5.41) is 0. The molecule has 0 saturated heterocycles. The number of hydrogen-bond acceptors (Lipinski definition) is 1. The second-order valence-corrected chi connectivity index (χ2v) is 7.00. The molecule has 0 radical (unpaired) electrons. The molecule has 3 rings (SSSR count). The van der Waals surface area contributed by atoms with Crippen LogP contribution in [-0.4, -0.2) is 6.54 Å². The van der Waals surface area contributed by atoms with Gasteiger partial charge in [-0.25, -0.2) is 0 Å². The molecular weight excluding hydrogens is 218 g/mol. The van der Waals surface area contributed by atoms with Gasteiger partial charge in [-0.2, -0.15) is 0 Å². The molecule has 0 bridgehead atoms. The van der Waals surface area contributed by atoms with Gasteiger partial charge in [0, 0.05) is 5.41 Å². The molecule has 0 aliphatic heterocycles. The number of rotatable bonds is 3. The monoisotopic (exact) mass is 243 g/mol. The Hall–Kier alpha value is -0.820. The molecule has 0 spiro atoms. The maximum atomic E-state index is 6.25. The predicted molar refractivity (Wildman–Crippen MR) is 76.5 cm³/mol. The Balaban J connectivity index is 2.09. The van der Waals surface area contributed by atoms with Gasteiger partial charge in [0.15, 0.2) is 0 Å². The van der Waals surface area contributed by atoms with Gasteiger partial charge in [0.25, 0.3) is 0 Å². The molecule has 1 nitrogen and oxygen atoms in total. The molecule has 0 aromatic heterocycles. The van der Waals surface area contributed by atoms with Gasteiger partial charge in [-0.3, -0.25) is 0 Å². The fourth-order valence-corrected chi connectivity index (χ4v) is 4.85. The van der Waals surface area contributed by atoms with E-state index in [0.29, 0.717) is 16.2 Å². The van der Waals surface area contributed by atoms with Crippen molar-refractivity contribution in [3.8, 4) is 0 Å². The van der Waals surface area contributed by atoms with Crippen LogP contribution in [0.25, 0.3) is 0 Å². The fraction of sp³-hybridized carbons (Fsp3) is 0.647. The van der Waals surface area contributed by atoms with Gasteiger partial charge in [-0.1, -0.05) is 57.0 Å². The lowest BCUT2D eigenvalue weighted by Gasteiger charge is -2.41. The van der Waals surface area contributed by atoms with Crippen LogP contribution in [-0.2, 0) is 5.41 Å². The van der Waals surface area contributed by atoms with E-state index >= 15 is 0 Å². The van der Waals surface area contributed by atoms with Crippen molar-refractivity contribution < 1.29 is 0 Å². The molecule has 2 aliphatic carbocycles. The zero-order chi connectivity index (χ0) is 12.9. The summed E-state index contributed by atoms with van der Waals surface area (Å²) >= 11 is 0. The third-order valence-electron chi connectivity index (χ3n) is 5.96. The van der Waals surface area contributed by atoms with Crippen LogP contribution in [0.15, 0.2) is 30.3 Å². The zero-order valence-corrected chi connectivity index (χ0v) is 11.7. The van der Waals surface area contributed by atoms with Crippen LogP contribution in [0, 0.1) is 10.8 Å². The summed E-state index contributed by atoms with van der Waals surface area (Å²) in [6, 6.07) is 11.2. The van der Waals surface area contributed by atoms with Gasteiger partial charge < -0.3 is 5.73 Å². The highest BCUT2D eigenvalue weighted by atomic mass is 14.8. The molecule has 2 aliphatic rings. The van der Waals surface area contributed by atoms with Crippen molar-refractivity contribution in [3.05, 3.63) is 35.9 Å². The van der Waals surface area contributed by atoms with Crippen LogP contribution in [0.4, 0.5) is 0 Å². The summed E-state index contributed by atoms with van der Waals surface area (Å²) in [7, 11) is 0. The third-order valence-corrected chi connectivity index (χ3v) is 5.96. The smallest absolute Gasteiger partial charge is 0.00267 e. The maximum Gasteiger partial charge on any atom is 0.00267 e. The van der Waals surface area contributed by atoms with Crippen LogP contribution < -0.4 is 5.73 Å². The maximum absolute atomic E-state index is 6.25. The average Bonchev–Trinajstić information content (AvgIpc) is 2.79. The van der Waals surface area contributed by atoms with E-state index in [1.807, 2.05) is 0 Å². The zero-order valence-electron chi connectivity index (χ0n) is 11.7. The van der Waals surface area contributed by atoms with Crippen molar-refractivity contribution in [2.24, 2.45) is 16.6 Å². The number of benzene rings is 1. The van der Waals surface area contributed by atoms with Crippen LogP contribution in [0.5, 0.6) is 0 Å². The van der Waals surface area contributed by atoms with E-state index in [1.165, 1.54) is 32.1 Å². The van der Waals surface area contributed by atoms with Gasteiger partial charge in [0.1, 0.15) is 0 Å². The van der Waals surface area contributed by atoms with Gasteiger partial charge in [-0.15, -0.1) is 0 Å². The predicted octanol–water partition coefficient (Wildman–Crippen LogP) is 3.87. The highest BCUT2D eigenvalue weighted by Gasteiger charge is 2.70. The summed E-state index contributed by atoms with van der Waals surface area (Å²) in [5.41, 5.74) is 8.90. The lowest BCUT2D eigenvalue weighted by molar-refractivity contribution is 0.200. The average molecular weight is 243 g/mol. The minimum Gasteiger partial charge on any atom is -0.330 e. The van der Waals surface area contributed by atoms with E-state index in [1.54, 1.807) is 5.56 Å². The Morgan fingerprint density at radius 3 is 2.06 bits per heavy atom. The first-order chi connectivity index (χ1) is 8.58. The Bertz CT molecular complexity index is 428. The summed E-state index contributed by atoms with van der Waals surface area (Å²) in [6.07, 6.45) is 6.69. The van der Waals surface area contributed by atoms with E-state index in [0.717, 1.165) is 6.54 Å². The Morgan fingerprint density at radius 2 is 1.61 bits per heavy atom. The molecule has 1 atom stereocenters. The molecule has 1 heteroatoms. The summed E-state index contributed by atoms with van der Waals surface area (Å²) < 4.78 is 0. The molecule has 1 unspecified atom stereocenters. The number of nitrogens with two attached hydrogens (primary N) is 1. The number of hydrogen-bond donors (Lipinski definition) is 1. The molecule has 0 heterocycles. The third kappa shape index (κ3) is 1.37. The lowest BCUT2D eigenvalue weighted by atomic mass is 9.63. The normalized spacial score (nSPS) is 32.4. The van der Waals surface area contributed by atoms with E-state index in [9.17, 15) is 0 Å². The van der Waals surface area contributed by atoms with Crippen molar-refractivity contribution in [2.45, 2.75) is 51.4 Å². The van der Waals surface area contributed by atoms with Crippen LogP contribution in [0.2, 0.25) is 0 Å². The van der Waals surface area contributed by atoms with E-state index in [4.69, 9.17) is 5.73 Å². The first kappa shape index (κ1) is 12.2. The molecule has 1 aromatic carbocycles. The van der Waals surface area contributed by atoms with Crippen molar-refractivity contribution in [1.29, 1.82) is 0 Å². The molecule has 1 aromatic rings. The van der Waals surface area contributed by atoms with E-state index < -0.39 is 0 Å². The fourth-order valence-electron chi connectivity index (χ4n) is 4.85. The van der Waals surface area contributed by atoms with Crippen LogP contribution >= 0.6 is 0 Å². The standard InChI is InChI=1S/C17H25N/c1-15(2)12-17(15,13-18)16(10-6-7-11-16)14-8-4-3-5-9-14/h3-5,8-9H,6-7,10-13,18H2,1-2H3. The molecule has 0 amide bonds. The summed E-state index contributed by atoms with van der Waals surface area (Å²) in [5.74, 6) is 0. The van der Waals surface area contributed by atoms with E-state index in [-0.39, 0.29) is 0 Å². The molecule has 18 heavy (non-hydrogen) atoms. The summed E-state index contributed by atoms with van der Waals surface area (Å²) in [4.78, 5) is 0. The van der Waals surface area contributed by atoms with Crippen LogP contribution in [0.3, 0.4) is 0 Å². The van der Waals surface area contributed by atoms with Gasteiger partial charge in [0.05, 0.1) is 0 Å². The minimum atomic E-state index is 0.345. The molecular formula is C17H25N. The Morgan fingerprint density at radius 1 is 1.06 bits per heavy atom. The van der Waals surface area contributed by atoms with Crippen molar-refractivity contribution >= 4 is 0 Å². The SMILES string of the molecule is CC1(C)CC1(CN)C1(c2ccccc2)CCCC1. The van der Waals surface area contributed by atoms with Gasteiger partial charge in [-0.05, 0) is 42.2 Å². The molecule has 98 valence electrons. The Labute approximate surface area is 111 Å². The first-order valence-electron chi connectivity index (χ1n) is 7.34. The molecule has 2 saturated carbocycles. The quantitative estimate of drug-likeness (QED) is 0.856. The second-order valence-electron chi connectivity index (χ2n) is 7.00. The lowest BCUT2D eigenvalue weighted by Crippen LogP contribution is -2.42. The van der Waals surface area contributed by atoms with Crippen LogP contribution in [0.1, 0.15) is 51.5 Å². The van der Waals surface area contributed by atoms with Gasteiger partial charge in [0.2, 0.25) is 0 Å². The van der Waals surface area contributed by atoms with Crippen molar-refractivity contribution in [2.75, 3.05) is 6.54 Å². The van der Waals surface area contributed by atoms with Crippen molar-refractivity contribution in [1.82, 2.24) is 0 Å². The largest absolute Gasteiger partial charge is 0.330 e. The molecule has 2 N–H and O–H groups in total. The summed E-state index contributed by atoms with van der Waals surface area (Å²) in [6.45, 7) is 5.65. The van der Waals surface area contributed by atoms with Crippen molar-refractivity contribution in [3.63, 3.8) is 0 Å². The highest BCUT2D eigenvalue weighted by Crippen LogP contribution is 2.74. The minimum absolute atomic E-state index is 0.345. The Kier molecular flexibility index (Phi) is 2.60. The second kappa shape index (κ2) is 3.84. The molecule has 2 fully saturated rings. The van der Waals surface area contributed by atoms with Gasteiger partial charge >= 0.3 is 0 Å². The first-order valence-corrected chi connectivity index (χ1v) is 7.34. The highest BCUT2D eigenvalue weighted by molar-refractivity contribution is 5.36. The van der Waals surface area contributed by atoms with E-state index in [2.05, 4.69) is 44.2 Å². The topological polar surface area (TPSA) is 26.0 Å².